The van der Waals surface area contributed by atoms with Gasteiger partial charge in [-0.25, -0.2) is 0 Å². The molecule has 1 heterocycles. The number of aromatic nitrogens is 1. The van der Waals surface area contributed by atoms with E-state index in [-0.39, 0.29) is 0 Å². The first-order chi connectivity index (χ1) is 10.3. The lowest BCUT2D eigenvalue weighted by atomic mass is 9.87. The average molecular weight is 282 g/mol. The van der Waals surface area contributed by atoms with Crippen LogP contribution in [0.3, 0.4) is 0 Å². The van der Waals surface area contributed by atoms with Crippen LogP contribution in [0.5, 0.6) is 5.75 Å². The van der Waals surface area contributed by atoms with Gasteiger partial charge in [0.25, 0.3) is 0 Å². The minimum atomic E-state index is 0.303. The van der Waals surface area contributed by atoms with Crippen molar-refractivity contribution < 1.29 is 4.74 Å². The number of pyridine rings is 1. The summed E-state index contributed by atoms with van der Waals surface area (Å²) in [7, 11) is 1.73. The molecular formula is C18H22N2O. The highest BCUT2D eigenvalue weighted by molar-refractivity contribution is 5.39. The summed E-state index contributed by atoms with van der Waals surface area (Å²) in [6, 6.07) is 11.3. The molecule has 0 fully saturated rings. The molecule has 2 atom stereocenters. The van der Waals surface area contributed by atoms with E-state index in [1.807, 2.05) is 18.5 Å². The molecule has 21 heavy (non-hydrogen) atoms. The third-order valence-corrected chi connectivity index (χ3v) is 4.30. The molecule has 110 valence electrons. The van der Waals surface area contributed by atoms with Crippen molar-refractivity contribution in [1.82, 2.24) is 10.3 Å². The van der Waals surface area contributed by atoms with Gasteiger partial charge in [0.2, 0.25) is 0 Å². The topological polar surface area (TPSA) is 34.1 Å². The lowest BCUT2D eigenvalue weighted by Crippen LogP contribution is -2.27. The van der Waals surface area contributed by atoms with Gasteiger partial charge in [-0.15, -0.1) is 0 Å². The lowest BCUT2D eigenvalue weighted by molar-refractivity contribution is 0.402. The fraction of sp³-hybridized carbons (Fsp3) is 0.389. The Kier molecular flexibility index (Phi) is 4.20. The Labute approximate surface area is 126 Å². The number of aryl methyl sites for hydroxylation is 1. The lowest BCUT2D eigenvalue weighted by Gasteiger charge is -2.29. The van der Waals surface area contributed by atoms with E-state index in [1.165, 1.54) is 29.5 Å². The van der Waals surface area contributed by atoms with Crippen molar-refractivity contribution in [3.05, 3.63) is 59.4 Å². The number of benzene rings is 1. The van der Waals surface area contributed by atoms with E-state index in [2.05, 4.69) is 41.5 Å². The Bertz CT molecular complexity index is 597. The molecule has 1 aromatic heterocycles. The van der Waals surface area contributed by atoms with Crippen LogP contribution in [0.4, 0.5) is 0 Å². The molecule has 1 aliphatic rings. The van der Waals surface area contributed by atoms with Crippen LogP contribution in [0.25, 0.3) is 0 Å². The normalized spacial score (nSPS) is 18.9. The van der Waals surface area contributed by atoms with Crippen molar-refractivity contribution in [2.45, 2.75) is 38.3 Å². The minimum Gasteiger partial charge on any atom is -0.497 e. The Morgan fingerprint density at radius 3 is 3.00 bits per heavy atom. The minimum absolute atomic E-state index is 0.303. The summed E-state index contributed by atoms with van der Waals surface area (Å²) in [5.74, 6) is 0.953. The van der Waals surface area contributed by atoms with Crippen molar-refractivity contribution in [1.29, 1.82) is 0 Å². The summed E-state index contributed by atoms with van der Waals surface area (Å²) in [6.07, 6.45) is 7.31. The number of ether oxygens (including phenoxy) is 1. The summed E-state index contributed by atoms with van der Waals surface area (Å²) >= 11 is 0. The Balaban J connectivity index is 1.79. The highest BCUT2D eigenvalue weighted by Gasteiger charge is 2.22. The smallest absolute Gasteiger partial charge is 0.119 e. The molecule has 0 saturated heterocycles. The summed E-state index contributed by atoms with van der Waals surface area (Å²) in [5, 5.41) is 3.75. The summed E-state index contributed by atoms with van der Waals surface area (Å²) in [6.45, 7) is 2.20. The summed E-state index contributed by atoms with van der Waals surface area (Å²) in [4.78, 5) is 4.21. The number of hydrogen-bond acceptors (Lipinski definition) is 3. The molecule has 1 N–H and O–H groups in total. The van der Waals surface area contributed by atoms with Gasteiger partial charge in [0.15, 0.2) is 0 Å². The standard InChI is InChI=1S/C18H22N2O/c1-13(15-6-4-10-19-12-15)20-18-7-3-5-14-11-16(21-2)8-9-17(14)18/h4,6,8-13,18,20H,3,5,7H2,1-2H3/t13-,18?/m1/s1. The van der Waals surface area contributed by atoms with E-state index in [1.54, 1.807) is 7.11 Å². The molecule has 2 aromatic rings. The van der Waals surface area contributed by atoms with Gasteiger partial charge in [-0.1, -0.05) is 12.1 Å². The highest BCUT2D eigenvalue weighted by atomic mass is 16.5. The van der Waals surface area contributed by atoms with Crippen LogP contribution in [-0.4, -0.2) is 12.1 Å². The van der Waals surface area contributed by atoms with Crippen molar-refractivity contribution in [3.63, 3.8) is 0 Å². The third kappa shape index (κ3) is 3.08. The zero-order valence-electron chi connectivity index (χ0n) is 12.7. The number of methoxy groups -OCH3 is 1. The molecule has 3 heteroatoms. The first-order valence-corrected chi connectivity index (χ1v) is 7.60. The number of nitrogens with one attached hydrogen (secondary N) is 1. The maximum Gasteiger partial charge on any atom is 0.119 e. The van der Waals surface area contributed by atoms with Crippen molar-refractivity contribution in [3.8, 4) is 5.75 Å². The molecule has 0 saturated carbocycles. The number of hydrogen-bond donors (Lipinski definition) is 1. The molecular weight excluding hydrogens is 260 g/mol. The van der Waals surface area contributed by atoms with Crippen LogP contribution >= 0.6 is 0 Å². The fourth-order valence-electron chi connectivity index (χ4n) is 3.12. The SMILES string of the molecule is COc1ccc2c(c1)CCCC2N[C@H](C)c1cccnc1. The molecule has 3 rings (SSSR count). The van der Waals surface area contributed by atoms with Crippen LogP contribution in [0, 0.1) is 0 Å². The maximum absolute atomic E-state index is 5.34. The van der Waals surface area contributed by atoms with Crippen molar-refractivity contribution in [2.24, 2.45) is 0 Å². The average Bonchev–Trinajstić information content (AvgIpc) is 2.55. The van der Waals surface area contributed by atoms with Gasteiger partial charge < -0.3 is 10.1 Å². The van der Waals surface area contributed by atoms with Gasteiger partial charge >= 0.3 is 0 Å². The van der Waals surface area contributed by atoms with Crippen LogP contribution in [0.1, 0.15) is 48.5 Å². The molecule has 0 bridgehead atoms. The number of fused-ring (bicyclic) bond motifs is 1. The highest BCUT2D eigenvalue weighted by Crippen LogP contribution is 2.33. The van der Waals surface area contributed by atoms with Crippen molar-refractivity contribution in [2.75, 3.05) is 7.11 Å². The number of nitrogens with zero attached hydrogens (tertiary/aromatic N) is 1. The summed E-state index contributed by atoms with van der Waals surface area (Å²) < 4.78 is 5.34. The van der Waals surface area contributed by atoms with Gasteiger partial charge in [-0.2, -0.15) is 0 Å². The van der Waals surface area contributed by atoms with Gasteiger partial charge in [-0.05, 0) is 61.1 Å². The van der Waals surface area contributed by atoms with Gasteiger partial charge in [0, 0.05) is 24.5 Å². The molecule has 0 spiro atoms. The second kappa shape index (κ2) is 6.27. The second-order valence-corrected chi connectivity index (χ2v) is 5.68. The second-order valence-electron chi connectivity index (χ2n) is 5.68. The first kappa shape index (κ1) is 14.1. The monoisotopic (exact) mass is 282 g/mol. The maximum atomic E-state index is 5.34. The predicted molar refractivity (Wildman–Crippen MR) is 84.5 cm³/mol. The van der Waals surface area contributed by atoms with Gasteiger partial charge in [0.1, 0.15) is 5.75 Å². The zero-order valence-corrected chi connectivity index (χ0v) is 12.7. The molecule has 1 aliphatic carbocycles. The van der Waals surface area contributed by atoms with E-state index in [0.717, 1.165) is 12.2 Å². The van der Waals surface area contributed by atoms with E-state index in [9.17, 15) is 0 Å². The molecule has 1 aromatic carbocycles. The van der Waals surface area contributed by atoms with E-state index in [4.69, 9.17) is 4.74 Å². The molecule has 0 amide bonds. The van der Waals surface area contributed by atoms with E-state index in [0.29, 0.717) is 12.1 Å². The Hall–Kier alpha value is -1.87. The van der Waals surface area contributed by atoms with Crippen LogP contribution in [-0.2, 0) is 6.42 Å². The van der Waals surface area contributed by atoms with E-state index >= 15 is 0 Å². The van der Waals surface area contributed by atoms with E-state index < -0.39 is 0 Å². The number of rotatable bonds is 4. The quantitative estimate of drug-likeness (QED) is 0.925. The predicted octanol–water partition coefficient (Wildman–Crippen LogP) is 3.82. The van der Waals surface area contributed by atoms with Crippen LogP contribution in [0.15, 0.2) is 42.7 Å². The van der Waals surface area contributed by atoms with Gasteiger partial charge in [-0.3, -0.25) is 4.98 Å². The molecule has 3 nitrogen and oxygen atoms in total. The fourth-order valence-corrected chi connectivity index (χ4v) is 3.12. The largest absolute Gasteiger partial charge is 0.497 e. The summed E-state index contributed by atoms with van der Waals surface area (Å²) in [5.41, 5.74) is 4.06. The van der Waals surface area contributed by atoms with Crippen LogP contribution in [0.2, 0.25) is 0 Å². The van der Waals surface area contributed by atoms with Crippen LogP contribution < -0.4 is 10.1 Å². The molecule has 1 unspecified atom stereocenters. The van der Waals surface area contributed by atoms with Gasteiger partial charge in [0.05, 0.1) is 7.11 Å². The third-order valence-electron chi connectivity index (χ3n) is 4.30. The zero-order chi connectivity index (χ0) is 14.7. The Morgan fingerprint density at radius 2 is 2.24 bits per heavy atom. The Morgan fingerprint density at radius 1 is 1.33 bits per heavy atom. The van der Waals surface area contributed by atoms with Crippen molar-refractivity contribution >= 4 is 0 Å². The molecule has 0 aliphatic heterocycles. The molecule has 0 radical (unpaired) electrons. The first-order valence-electron chi connectivity index (χ1n) is 7.60.